The third kappa shape index (κ3) is 5.40. The highest BCUT2D eigenvalue weighted by Crippen LogP contribution is 2.45. The highest BCUT2D eigenvalue weighted by Gasteiger charge is 2.33. The first-order valence-corrected chi connectivity index (χ1v) is 17.2. The van der Waals surface area contributed by atoms with Crippen LogP contribution < -0.4 is 14.7 Å². The largest absolute Gasteiger partial charge is 0.347 e. The highest BCUT2D eigenvalue weighted by molar-refractivity contribution is 6.10. The Labute approximate surface area is 289 Å². The van der Waals surface area contributed by atoms with Crippen LogP contribution in [0.25, 0.3) is 27.6 Å². The Morgan fingerprint density at radius 1 is 0.571 bits per heavy atom. The molecule has 0 bridgehead atoms. The van der Waals surface area contributed by atoms with E-state index in [1.165, 1.54) is 27.7 Å². The Morgan fingerprint density at radius 2 is 1.24 bits per heavy atom. The number of hydrogen-bond acceptors (Lipinski definition) is 4. The van der Waals surface area contributed by atoms with Crippen LogP contribution in [0.4, 0.5) is 34.1 Å². The van der Waals surface area contributed by atoms with Crippen LogP contribution in [-0.4, -0.2) is 21.8 Å². The molecule has 1 aliphatic rings. The van der Waals surface area contributed by atoms with Crippen LogP contribution >= 0.6 is 0 Å². The van der Waals surface area contributed by atoms with Crippen LogP contribution in [0.3, 0.4) is 0 Å². The van der Waals surface area contributed by atoms with Gasteiger partial charge in [0.05, 0.1) is 29.1 Å². The first-order valence-electron chi connectivity index (χ1n) is 17.2. The number of para-hydroxylation sites is 4. The molecular weight excluding hydrogens is 599 g/mol. The van der Waals surface area contributed by atoms with Crippen LogP contribution in [0.5, 0.6) is 0 Å². The first-order chi connectivity index (χ1) is 23.6. The zero-order valence-corrected chi connectivity index (χ0v) is 29.2. The van der Waals surface area contributed by atoms with Crippen molar-refractivity contribution in [3.05, 3.63) is 145 Å². The smallest absolute Gasteiger partial charge is 0.137 e. The summed E-state index contributed by atoms with van der Waals surface area (Å²) in [7, 11) is 0. The predicted octanol–water partition coefficient (Wildman–Crippen LogP) is 11.7. The van der Waals surface area contributed by atoms with Crippen molar-refractivity contribution in [2.45, 2.75) is 52.5 Å². The predicted molar refractivity (Wildman–Crippen MR) is 208 cm³/mol. The van der Waals surface area contributed by atoms with Crippen molar-refractivity contribution >= 4 is 55.9 Å². The van der Waals surface area contributed by atoms with Crippen LogP contribution in [-0.2, 0) is 5.41 Å². The molecule has 0 saturated heterocycles. The molecule has 8 rings (SSSR count). The van der Waals surface area contributed by atoms with Crippen molar-refractivity contribution < 1.29 is 0 Å². The number of rotatable bonds is 5. The Morgan fingerprint density at radius 3 is 2.02 bits per heavy atom. The number of anilines is 6. The molecule has 0 radical (unpaired) electrons. The lowest BCUT2D eigenvalue weighted by Crippen LogP contribution is -2.42. The minimum Gasteiger partial charge on any atom is -0.347 e. The Bertz CT molecular complexity index is 2310. The second-order valence-corrected chi connectivity index (χ2v) is 15.1. The minimum absolute atomic E-state index is 0.00629. The average molecular weight is 642 g/mol. The fourth-order valence-corrected chi connectivity index (χ4v) is 7.18. The lowest BCUT2D eigenvalue weighted by molar-refractivity contribution is 0.518. The van der Waals surface area contributed by atoms with E-state index in [2.05, 4.69) is 194 Å². The van der Waals surface area contributed by atoms with E-state index in [1.807, 2.05) is 6.20 Å². The van der Waals surface area contributed by atoms with Gasteiger partial charge in [-0.1, -0.05) is 81.4 Å². The molecule has 0 atom stereocenters. The van der Waals surface area contributed by atoms with Gasteiger partial charge >= 0.3 is 0 Å². The van der Waals surface area contributed by atoms with Crippen molar-refractivity contribution in [1.82, 2.24) is 9.55 Å². The number of benzene rings is 5. The molecule has 0 aliphatic carbocycles. The molecule has 49 heavy (non-hydrogen) atoms. The first kappa shape index (κ1) is 30.8. The molecule has 3 heterocycles. The Balaban J connectivity index is 1.30. The lowest BCUT2D eigenvalue weighted by Gasteiger charge is -2.34. The Hall–Kier alpha value is -5.55. The maximum absolute atomic E-state index is 4.92. The molecule has 5 nitrogen and oxygen atoms in total. The fourth-order valence-electron chi connectivity index (χ4n) is 7.18. The number of pyridine rings is 1. The molecule has 0 spiro atoms. The van der Waals surface area contributed by atoms with E-state index in [9.17, 15) is 0 Å². The van der Waals surface area contributed by atoms with Crippen LogP contribution in [0.15, 0.2) is 140 Å². The second kappa shape index (κ2) is 11.6. The molecule has 5 aromatic carbocycles. The number of hydrogen-bond donors (Lipinski definition) is 0. The maximum atomic E-state index is 4.92. The average Bonchev–Trinajstić information content (AvgIpc) is 3.65. The summed E-state index contributed by atoms with van der Waals surface area (Å²) in [5, 5.41) is 2.43. The van der Waals surface area contributed by atoms with E-state index in [0.29, 0.717) is 0 Å². The van der Waals surface area contributed by atoms with Gasteiger partial charge in [-0.15, -0.1) is 0 Å². The van der Waals surface area contributed by atoms with Gasteiger partial charge in [0, 0.05) is 45.3 Å². The Kier molecular flexibility index (Phi) is 7.25. The topological polar surface area (TPSA) is 27.5 Å². The fraction of sp³-hybridized carbons (Fsp3) is 0.205. The summed E-state index contributed by atoms with van der Waals surface area (Å²) in [6.07, 6.45) is 1.94. The standard InChI is InChI=1S/C44H43N5/c1-43(2,3)31-25-26-45-42(27-31)49-38-20-11-10-19-36(38)37-24-23-35(29-41(37)49)48(32-15-8-7-9-16-32)34-18-14-17-33(28-34)46-30-47(44(4,5)6)40-22-13-12-21-39(40)46/h7-29H,30H2,1-6H3. The van der Waals surface area contributed by atoms with E-state index >= 15 is 0 Å². The summed E-state index contributed by atoms with van der Waals surface area (Å²) < 4.78 is 2.32. The van der Waals surface area contributed by atoms with Gasteiger partial charge in [-0.3, -0.25) is 4.57 Å². The van der Waals surface area contributed by atoms with E-state index in [1.54, 1.807) is 0 Å². The van der Waals surface area contributed by atoms with Gasteiger partial charge in [-0.2, -0.15) is 0 Å². The molecule has 0 unspecified atom stereocenters. The normalized spacial score (nSPS) is 13.3. The summed E-state index contributed by atoms with van der Waals surface area (Å²) in [4.78, 5) is 12.2. The zero-order valence-electron chi connectivity index (χ0n) is 29.2. The van der Waals surface area contributed by atoms with Gasteiger partial charge in [0.25, 0.3) is 0 Å². The highest BCUT2D eigenvalue weighted by atomic mass is 15.4. The quantitative estimate of drug-likeness (QED) is 0.187. The monoisotopic (exact) mass is 641 g/mol. The third-order valence-corrected chi connectivity index (χ3v) is 9.73. The molecule has 244 valence electrons. The van der Waals surface area contributed by atoms with Crippen LogP contribution in [0, 0.1) is 0 Å². The summed E-state index contributed by atoms with van der Waals surface area (Å²) in [6, 6.07) is 48.3. The summed E-state index contributed by atoms with van der Waals surface area (Å²) >= 11 is 0. The van der Waals surface area contributed by atoms with Crippen molar-refractivity contribution in [2.24, 2.45) is 0 Å². The summed E-state index contributed by atoms with van der Waals surface area (Å²) in [5.41, 5.74) is 10.5. The molecule has 0 saturated carbocycles. The van der Waals surface area contributed by atoms with Crippen LogP contribution in [0.1, 0.15) is 47.1 Å². The SMILES string of the molecule is CC(C)(C)c1ccnc(-n2c3ccccc3c3ccc(N(c4ccccc4)c4cccc(N5CN(C(C)(C)C)c6ccccc65)c4)cc32)c1. The van der Waals surface area contributed by atoms with E-state index in [-0.39, 0.29) is 11.0 Å². The van der Waals surface area contributed by atoms with E-state index in [0.717, 1.165) is 46.3 Å². The van der Waals surface area contributed by atoms with Crippen molar-refractivity contribution in [3.63, 3.8) is 0 Å². The lowest BCUT2D eigenvalue weighted by atomic mass is 9.88. The minimum atomic E-state index is -0.00629. The second-order valence-electron chi connectivity index (χ2n) is 15.1. The maximum Gasteiger partial charge on any atom is 0.137 e. The number of nitrogens with zero attached hydrogens (tertiary/aromatic N) is 5. The zero-order chi connectivity index (χ0) is 33.9. The van der Waals surface area contributed by atoms with Gasteiger partial charge < -0.3 is 14.7 Å². The van der Waals surface area contributed by atoms with Crippen molar-refractivity contribution in [1.29, 1.82) is 0 Å². The summed E-state index contributed by atoms with van der Waals surface area (Å²) in [6.45, 7) is 14.4. The summed E-state index contributed by atoms with van der Waals surface area (Å²) in [5.74, 6) is 0.931. The number of aromatic nitrogens is 2. The molecule has 2 aromatic heterocycles. The molecule has 1 aliphatic heterocycles. The van der Waals surface area contributed by atoms with Gasteiger partial charge in [-0.25, -0.2) is 4.98 Å². The third-order valence-electron chi connectivity index (χ3n) is 9.73. The molecular formula is C44H43N5. The van der Waals surface area contributed by atoms with Crippen LogP contribution in [0.2, 0.25) is 0 Å². The molecule has 0 fully saturated rings. The van der Waals surface area contributed by atoms with Gasteiger partial charge in [0.15, 0.2) is 0 Å². The van der Waals surface area contributed by atoms with E-state index < -0.39 is 0 Å². The number of fused-ring (bicyclic) bond motifs is 4. The molecule has 7 aromatic rings. The van der Waals surface area contributed by atoms with Gasteiger partial charge in [0.1, 0.15) is 5.82 Å². The molecule has 0 N–H and O–H groups in total. The van der Waals surface area contributed by atoms with Gasteiger partial charge in [0.2, 0.25) is 0 Å². The molecule has 0 amide bonds. The molecule has 5 heteroatoms. The van der Waals surface area contributed by atoms with E-state index in [4.69, 9.17) is 4.98 Å². The van der Waals surface area contributed by atoms with Gasteiger partial charge in [-0.05, 0) is 105 Å². The van der Waals surface area contributed by atoms with Crippen molar-refractivity contribution in [3.8, 4) is 5.82 Å². The van der Waals surface area contributed by atoms with Crippen molar-refractivity contribution in [2.75, 3.05) is 21.4 Å².